The van der Waals surface area contributed by atoms with Gasteiger partial charge in [-0.25, -0.2) is 0 Å². The minimum atomic E-state index is -4.56. The highest BCUT2D eigenvalue weighted by Gasteiger charge is 2.35. The van der Waals surface area contributed by atoms with Crippen molar-refractivity contribution < 1.29 is 18.0 Å². The van der Waals surface area contributed by atoms with Gasteiger partial charge in [-0.2, -0.15) is 13.2 Å². The normalized spacial score (nSPS) is 11.6. The van der Waals surface area contributed by atoms with Crippen LogP contribution in [0.4, 0.5) is 13.2 Å². The number of nitrogens with one attached hydrogen (secondary N) is 1. The van der Waals surface area contributed by atoms with Crippen LogP contribution in [0.2, 0.25) is 0 Å². The van der Waals surface area contributed by atoms with Crippen LogP contribution >= 0.6 is 0 Å². The van der Waals surface area contributed by atoms with Gasteiger partial charge in [-0.15, -0.1) is 0 Å². The highest BCUT2D eigenvalue weighted by Crippen LogP contribution is 2.30. The Hall–Kier alpha value is -1.46. The molecule has 0 radical (unpaired) electrons. The number of hydrogen-bond acceptors (Lipinski definition) is 1. The third kappa shape index (κ3) is 1.41. The first-order valence-corrected chi connectivity index (χ1v) is 2.97. The fourth-order valence-corrected chi connectivity index (χ4v) is 0.809. The number of amides is 1. The number of carbonyl (C=O) groups is 1. The first kappa shape index (κ1) is 8.63. The summed E-state index contributed by atoms with van der Waals surface area (Å²) in [6.45, 7) is 0. The van der Waals surface area contributed by atoms with Gasteiger partial charge in [0.05, 0.1) is 5.56 Å². The maximum atomic E-state index is 12.0. The molecule has 1 amide bonds. The summed E-state index contributed by atoms with van der Waals surface area (Å²) in [5, 5.41) is 0. The number of H-pyrrole nitrogens is 1. The van der Waals surface area contributed by atoms with Gasteiger partial charge in [-0.3, -0.25) is 4.79 Å². The first-order valence-electron chi connectivity index (χ1n) is 2.97. The number of primary amides is 1. The van der Waals surface area contributed by atoms with Crippen LogP contribution in [0.25, 0.3) is 0 Å². The molecule has 12 heavy (non-hydrogen) atoms. The lowest BCUT2D eigenvalue weighted by atomic mass is 10.2. The summed E-state index contributed by atoms with van der Waals surface area (Å²) in [4.78, 5) is 12.3. The van der Waals surface area contributed by atoms with E-state index in [1.807, 2.05) is 4.98 Å². The van der Waals surface area contributed by atoms with Crippen molar-refractivity contribution in [2.45, 2.75) is 6.18 Å². The third-order valence-corrected chi connectivity index (χ3v) is 1.30. The van der Waals surface area contributed by atoms with E-state index < -0.39 is 23.3 Å². The predicted molar refractivity (Wildman–Crippen MR) is 34.3 cm³/mol. The summed E-state index contributed by atoms with van der Waals surface area (Å²) >= 11 is 0. The molecule has 1 rings (SSSR count). The SMILES string of the molecule is NC(=O)c1cc[nH]c1C(F)(F)F. The Kier molecular flexibility index (Phi) is 1.83. The molecule has 0 spiro atoms. The molecule has 1 heterocycles. The maximum absolute atomic E-state index is 12.0. The Morgan fingerprint density at radius 2 is 2.08 bits per heavy atom. The smallest absolute Gasteiger partial charge is 0.366 e. The third-order valence-electron chi connectivity index (χ3n) is 1.30. The fourth-order valence-electron chi connectivity index (χ4n) is 0.809. The average molecular weight is 178 g/mol. The van der Waals surface area contributed by atoms with Gasteiger partial charge in [0.15, 0.2) is 0 Å². The summed E-state index contributed by atoms with van der Waals surface area (Å²) < 4.78 is 36.0. The van der Waals surface area contributed by atoms with Gasteiger partial charge in [-0.1, -0.05) is 0 Å². The van der Waals surface area contributed by atoms with Crippen molar-refractivity contribution in [3.8, 4) is 0 Å². The molecule has 0 atom stereocenters. The highest BCUT2D eigenvalue weighted by molar-refractivity contribution is 5.94. The van der Waals surface area contributed by atoms with Gasteiger partial charge in [-0.05, 0) is 6.07 Å². The molecule has 1 aromatic heterocycles. The number of rotatable bonds is 1. The number of aromatic nitrogens is 1. The number of hydrogen-bond donors (Lipinski definition) is 2. The molecular formula is C6H5F3N2O. The molecule has 0 aliphatic rings. The average Bonchev–Trinajstić information content (AvgIpc) is 2.30. The van der Waals surface area contributed by atoms with Crippen LogP contribution < -0.4 is 5.73 Å². The standard InChI is InChI=1S/C6H5F3N2O/c7-6(8,9)4-3(5(10)12)1-2-11-4/h1-2,11H,(H2,10,12). The Labute approximate surface area is 65.4 Å². The van der Waals surface area contributed by atoms with E-state index in [0.717, 1.165) is 12.3 Å². The van der Waals surface area contributed by atoms with Crippen LogP contribution in [0.5, 0.6) is 0 Å². The summed E-state index contributed by atoms with van der Waals surface area (Å²) in [5.41, 5.74) is 3.06. The quantitative estimate of drug-likeness (QED) is 0.665. The van der Waals surface area contributed by atoms with E-state index in [4.69, 9.17) is 5.73 Å². The molecule has 0 saturated heterocycles. The molecule has 0 fully saturated rings. The molecule has 66 valence electrons. The summed E-state index contributed by atoms with van der Waals surface area (Å²) in [6.07, 6.45) is -3.54. The molecule has 0 aliphatic carbocycles. The monoisotopic (exact) mass is 178 g/mol. The van der Waals surface area contributed by atoms with Crippen LogP contribution in [-0.2, 0) is 6.18 Å². The lowest BCUT2D eigenvalue weighted by Crippen LogP contribution is -2.17. The van der Waals surface area contributed by atoms with Gasteiger partial charge < -0.3 is 10.7 Å². The number of nitrogens with two attached hydrogens (primary N) is 1. The Bertz CT molecular complexity index is 302. The van der Waals surface area contributed by atoms with Crippen molar-refractivity contribution in [2.24, 2.45) is 5.73 Å². The molecule has 3 N–H and O–H groups in total. The second-order valence-electron chi connectivity index (χ2n) is 2.13. The molecule has 6 heteroatoms. The lowest BCUT2D eigenvalue weighted by Gasteiger charge is -2.04. The molecule has 0 aliphatic heterocycles. The van der Waals surface area contributed by atoms with Gasteiger partial charge in [0, 0.05) is 6.20 Å². The highest BCUT2D eigenvalue weighted by atomic mass is 19.4. The Morgan fingerprint density at radius 1 is 1.50 bits per heavy atom. The summed E-state index contributed by atoms with van der Waals surface area (Å²) in [5.74, 6) is -1.09. The molecule has 0 bridgehead atoms. The van der Waals surface area contributed by atoms with Gasteiger partial charge >= 0.3 is 6.18 Å². The minimum Gasteiger partial charge on any atom is -0.366 e. The fraction of sp³-hybridized carbons (Fsp3) is 0.167. The van der Waals surface area contributed by atoms with E-state index in [-0.39, 0.29) is 0 Å². The number of carbonyl (C=O) groups excluding carboxylic acids is 1. The molecule has 0 aromatic carbocycles. The first-order chi connectivity index (χ1) is 5.43. The molecule has 0 saturated carbocycles. The minimum absolute atomic E-state index is 0.539. The van der Waals surface area contributed by atoms with E-state index in [1.165, 1.54) is 0 Å². The van der Waals surface area contributed by atoms with Crippen LogP contribution in [0.3, 0.4) is 0 Å². The van der Waals surface area contributed by atoms with Crippen LogP contribution in [0.1, 0.15) is 16.1 Å². The van der Waals surface area contributed by atoms with Crippen molar-refractivity contribution in [2.75, 3.05) is 0 Å². The molecule has 0 unspecified atom stereocenters. The zero-order valence-corrected chi connectivity index (χ0v) is 5.77. The van der Waals surface area contributed by atoms with Crippen molar-refractivity contribution in [1.82, 2.24) is 4.98 Å². The second kappa shape index (κ2) is 2.54. The largest absolute Gasteiger partial charge is 0.432 e. The zero-order chi connectivity index (χ0) is 9.35. The van der Waals surface area contributed by atoms with Gasteiger partial charge in [0.25, 0.3) is 5.91 Å². The van der Waals surface area contributed by atoms with Crippen molar-refractivity contribution in [3.05, 3.63) is 23.5 Å². The van der Waals surface area contributed by atoms with Gasteiger partial charge in [0.2, 0.25) is 0 Å². The number of halogens is 3. The summed E-state index contributed by atoms with van der Waals surface area (Å²) in [7, 11) is 0. The predicted octanol–water partition coefficient (Wildman–Crippen LogP) is 1.13. The van der Waals surface area contributed by atoms with Crippen LogP contribution in [-0.4, -0.2) is 10.9 Å². The second-order valence-corrected chi connectivity index (χ2v) is 2.13. The molecule has 3 nitrogen and oxygen atoms in total. The van der Waals surface area contributed by atoms with E-state index in [9.17, 15) is 18.0 Å². The Balaban J connectivity index is 3.17. The maximum Gasteiger partial charge on any atom is 0.432 e. The molecule has 1 aromatic rings. The van der Waals surface area contributed by atoms with Crippen LogP contribution in [0.15, 0.2) is 12.3 Å². The topological polar surface area (TPSA) is 58.9 Å². The van der Waals surface area contributed by atoms with Crippen molar-refractivity contribution in [1.29, 1.82) is 0 Å². The van der Waals surface area contributed by atoms with E-state index in [1.54, 1.807) is 0 Å². The number of alkyl halides is 3. The van der Waals surface area contributed by atoms with E-state index in [0.29, 0.717) is 0 Å². The van der Waals surface area contributed by atoms with E-state index in [2.05, 4.69) is 0 Å². The summed E-state index contributed by atoms with van der Waals surface area (Å²) in [6, 6.07) is 0.991. The molecular weight excluding hydrogens is 173 g/mol. The van der Waals surface area contributed by atoms with Gasteiger partial charge in [0.1, 0.15) is 5.69 Å². The van der Waals surface area contributed by atoms with Crippen LogP contribution in [0, 0.1) is 0 Å². The van der Waals surface area contributed by atoms with E-state index >= 15 is 0 Å². The van der Waals surface area contributed by atoms with Crippen molar-refractivity contribution in [3.63, 3.8) is 0 Å². The lowest BCUT2D eigenvalue weighted by molar-refractivity contribution is -0.141. The van der Waals surface area contributed by atoms with Crippen molar-refractivity contribution >= 4 is 5.91 Å². The Morgan fingerprint density at radius 3 is 2.42 bits per heavy atom. The zero-order valence-electron chi connectivity index (χ0n) is 5.77. The number of aromatic amines is 1.